The molecule has 162 valence electrons. The molecule has 1 aliphatic rings. The Balaban J connectivity index is 0.00000420. The van der Waals surface area contributed by atoms with Gasteiger partial charge < -0.3 is 20.9 Å². The number of aliphatic imine (C=N–C) groups is 1. The molecule has 0 bridgehead atoms. The largest absolute Gasteiger partial charge is 0.356 e. The molecule has 0 radical (unpaired) electrons. The summed E-state index contributed by atoms with van der Waals surface area (Å²) in [5.41, 5.74) is 1.76. The number of amides is 2. The summed E-state index contributed by atoms with van der Waals surface area (Å²) in [4.78, 5) is 29.9. The van der Waals surface area contributed by atoms with Gasteiger partial charge in [-0.1, -0.05) is 31.4 Å². The van der Waals surface area contributed by atoms with Gasteiger partial charge in [0, 0.05) is 39.3 Å². The van der Waals surface area contributed by atoms with Crippen LogP contribution < -0.4 is 16.0 Å². The molecule has 7 nitrogen and oxygen atoms in total. The third-order valence-electron chi connectivity index (χ3n) is 4.90. The van der Waals surface area contributed by atoms with E-state index in [-0.39, 0.29) is 42.3 Å². The molecule has 0 unspecified atom stereocenters. The van der Waals surface area contributed by atoms with E-state index in [1.165, 1.54) is 19.3 Å². The maximum Gasteiger partial charge on any atom is 0.253 e. The van der Waals surface area contributed by atoms with Gasteiger partial charge in [0.2, 0.25) is 5.91 Å². The monoisotopic (exact) mass is 515 g/mol. The molecular formula is C21H34IN5O2. The van der Waals surface area contributed by atoms with Crippen LogP contribution in [0, 0.1) is 0 Å². The van der Waals surface area contributed by atoms with E-state index < -0.39 is 0 Å². The van der Waals surface area contributed by atoms with Crippen molar-refractivity contribution in [2.75, 3.05) is 34.2 Å². The minimum Gasteiger partial charge on any atom is -0.356 e. The predicted octanol–water partition coefficient (Wildman–Crippen LogP) is 2.16. The minimum atomic E-state index is -0.00346. The Hall–Kier alpha value is -1.84. The molecular weight excluding hydrogens is 481 g/mol. The lowest BCUT2D eigenvalue weighted by atomic mass is 9.95. The second-order valence-corrected chi connectivity index (χ2v) is 7.40. The molecule has 0 heterocycles. The highest BCUT2D eigenvalue weighted by Gasteiger charge is 2.15. The fourth-order valence-corrected chi connectivity index (χ4v) is 3.35. The number of benzene rings is 1. The number of hydrogen-bond donors (Lipinski definition) is 3. The fraction of sp³-hybridized carbons (Fsp3) is 0.571. The van der Waals surface area contributed by atoms with Crippen LogP contribution in [-0.4, -0.2) is 62.9 Å². The van der Waals surface area contributed by atoms with Crippen LogP contribution in [0.5, 0.6) is 0 Å². The zero-order valence-corrected chi connectivity index (χ0v) is 20.0. The molecule has 0 aliphatic heterocycles. The van der Waals surface area contributed by atoms with E-state index in [2.05, 4.69) is 20.9 Å². The SMILES string of the molecule is CN=C(NCCc1cccc(C(=O)N(C)C)c1)NCC(=O)NC1CCCCC1.I. The summed E-state index contributed by atoms with van der Waals surface area (Å²) in [5.74, 6) is 0.598. The van der Waals surface area contributed by atoms with Crippen molar-refractivity contribution >= 4 is 41.8 Å². The molecule has 2 amide bonds. The first-order valence-corrected chi connectivity index (χ1v) is 10.0. The van der Waals surface area contributed by atoms with Gasteiger partial charge in [-0.15, -0.1) is 24.0 Å². The van der Waals surface area contributed by atoms with Gasteiger partial charge in [0.15, 0.2) is 5.96 Å². The second kappa shape index (κ2) is 13.4. The number of halogens is 1. The Morgan fingerprint density at radius 1 is 1.14 bits per heavy atom. The Morgan fingerprint density at radius 3 is 2.52 bits per heavy atom. The highest BCUT2D eigenvalue weighted by molar-refractivity contribution is 14.0. The lowest BCUT2D eigenvalue weighted by molar-refractivity contribution is -0.120. The summed E-state index contributed by atoms with van der Waals surface area (Å²) in [5, 5.41) is 9.35. The second-order valence-electron chi connectivity index (χ2n) is 7.40. The molecule has 2 rings (SSSR count). The third-order valence-corrected chi connectivity index (χ3v) is 4.90. The van der Waals surface area contributed by atoms with Crippen LogP contribution in [-0.2, 0) is 11.2 Å². The zero-order chi connectivity index (χ0) is 20.4. The highest BCUT2D eigenvalue weighted by Crippen LogP contribution is 2.17. The van der Waals surface area contributed by atoms with Crippen molar-refractivity contribution in [3.05, 3.63) is 35.4 Å². The quantitative estimate of drug-likeness (QED) is 0.295. The molecule has 0 spiro atoms. The van der Waals surface area contributed by atoms with Crippen LogP contribution in [0.15, 0.2) is 29.3 Å². The molecule has 0 aromatic heterocycles. The van der Waals surface area contributed by atoms with Gasteiger partial charge >= 0.3 is 0 Å². The minimum absolute atomic E-state index is 0. The summed E-state index contributed by atoms with van der Waals surface area (Å²) in [6.45, 7) is 0.868. The number of hydrogen-bond acceptors (Lipinski definition) is 3. The van der Waals surface area contributed by atoms with Crippen LogP contribution in [0.4, 0.5) is 0 Å². The average molecular weight is 515 g/mol. The van der Waals surface area contributed by atoms with E-state index in [1.807, 2.05) is 24.3 Å². The molecule has 1 aromatic carbocycles. The fourth-order valence-electron chi connectivity index (χ4n) is 3.35. The third kappa shape index (κ3) is 9.01. The van der Waals surface area contributed by atoms with Gasteiger partial charge in [0.25, 0.3) is 5.91 Å². The van der Waals surface area contributed by atoms with Gasteiger partial charge in [0.1, 0.15) is 0 Å². The van der Waals surface area contributed by atoms with Crippen molar-refractivity contribution < 1.29 is 9.59 Å². The van der Waals surface area contributed by atoms with Gasteiger partial charge in [0.05, 0.1) is 6.54 Å². The molecule has 0 saturated heterocycles. The Morgan fingerprint density at radius 2 is 1.86 bits per heavy atom. The molecule has 0 atom stereocenters. The summed E-state index contributed by atoms with van der Waals surface area (Å²) < 4.78 is 0. The lowest BCUT2D eigenvalue weighted by Gasteiger charge is -2.23. The van der Waals surface area contributed by atoms with Crippen molar-refractivity contribution in [1.29, 1.82) is 0 Å². The maximum absolute atomic E-state index is 12.1. The van der Waals surface area contributed by atoms with Gasteiger partial charge in [-0.05, 0) is 37.0 Å². The predicted molar refractivity (Wildman–Crippen MR) is 128 cm³/mol. The number of carbonyl (C=O) groups excluding carboxylic acids is 2. The molecule has 1 aromatic rings. The standard InChI is InChI=1S/C21H33N5O2.HI/c1-22-21(24-15-19(27)25-18-10-5-4-6-11-18)23-13-12-16-8-7-9-17(14-16)20(28)26(2)3;/h7-9,14,18H,4-6,10-13,15H2,1-3H3,(H,25,27)(H2,22,23,24);1H. The summed E-state index contributed by atoms with van der Waals surface area (Å²) in [7, 11) is 5.18. The molecule has 3 N–H and O–H groups in total. The van der Waals surface area contributed by atoms with E-state index in [0.29, 0.717) is 24.1 Å². The first-order valence-electron chi connectivity index (χ1n) is 10.0. The van der Waals surface area contributed by atoms with Crippen LogP contribution in [0.1, 0.15) is 48.0 Å². The normalized spacial score (nSPS) is 14.5. The highest BCUT2D eigenvalue weighted by atomic mass is 127. The van der Waals surface area contributed by atoms with E-state index in [1.54, 1.807) is 26.0 Å². The van der Waals surface area contributed by atoms with Crippen molar-refractivity contribution in [1.82, 2.24) is 20.9 Å². The van der Waals surface area contributed by atoms with Gasteiger partial charge in [-0.25, -0.2) is 0 Å². The van der Waals surface area contributed by atoms with Crippen LogP contribution in [0.25, 0.3) is 0 Å². The summed E-state index contributed by atoms with van der Waals surface area (Å²) in [6.07, 6.45) is 6.57. The van der Waals surface area contributed by atoms with E-state index in [4.69, 9.17) is 0 Å². The average Bonchev–Trinajstić information content (AvgIpc) is 2.70. The molecule has 1 fully saturated rings. The first kappa shape index (κ1) is 25.2. The summed E-state index contributed by atoms with van der Waals surface area (Å²) in [6, 6.07) is 7.95. The molecule has 29 heavy (non-hydrogen) atoms. The number of rotatable bonds is 7. The number of nitrogens with one attached hydrogen (secondary N) is 3. The maximum atomic E-state index is 12.1. The molecule has 1 aliphatic carbocycles. The van der Waals surface area contributed by atoms with Crippen molar-refractivity contribution in [3.8, 4) is 0 Å². The van der Waals surface area contributed by atoms with Crippen LogP contribution in [0.2, 0.25) is 0 Å². The summed E-state index contributed by atoms with van der Waals surface area (Å²) >= 11 is 0. The van der Waals surface area contributed by atoms with Crippen molar-refractivity contribution in [3.63, 3.8) is 0 Å². The van der Waals surface area contributed by atoms with Gasteiger partial charge in [-0.2, -0.15) is 0 Å². The number of carbonyl (C=O) groups is 2. The topological polar surface area (TPSA) is 85.8 Å². The number of guanidine groups is 1. The Kier molecular flexibility index (Phi) is 11.6. The van der Waals surface area contributed by atoms with E-state index in [0.717, 1.165) is 24.8 Å². The zero-order valence-electron chi connectivity index (χ0n) is 17.7. The Bertz CT molecular complexity index is 687. The lowest BCUT2D eigenvalue weighted by Crippen LogP contribution is -2.46. The number of nitrogens with zero attached hydrogens (tertiary/aromatic N) is 2. The van der Waals surface area contributed by atoms with Crippen LogP contribution in [0.3, 0.4) is 0 Å². The smallest absolute Gasteiger partial charge is 0.253 e. The van der Waals surface area contributed by atoms with Crippen molar-refractivity contribution in [2.24, 2.45) is 4.99 Å². The van der Waals surface area contributed by atoms with Gasteiger partial charge in [-0.3, -0.25) is 14.6 Å². The van der Waals surface area contributed by atoms with E-state index in [9.17, 15) is 9.59 Å². The first-order chi connectivity index (χ1) is 13.5. The van der Waals surface area contributed by atoms with Crippen molar-refractivity contribution in [2.45, 2.75) is 44.6 Å². The van der Waals surface area contributed by atoms with Crippen LogP contribution >= 0.6 is 24.0 Å². The molecule has 8 heteroatoms. The molecule has 1 saturated carbocycles. The van der Waals surface area contributed by atoms with E-state index >= 15 is 0 Å². The Labute approximate surface area is 191 Å².